The first-order valence-corrected chi connectivity index (χ1v) is 12.5. The average Bonchev–Trinajstić information content (AvgIpc) is 3.38. The first-order chi connectivity index (χ1) is 16.2. The van der Waals surface area contributed by atoms with E-state index in [2.05, 4.69) is 33.3 Å². The summed E-state index contributed by atoms with van der Waals surface area (Å²) in [5.74, 6) is 3.00. The predicted octanol–water partition coefficient (Wildman–Crippen LogP) is 3.98. The second-order valence-corrected chi connectivity index (χ2v) is 9.23. The molecule has 0 unspecified atom stereocenters. The highest BCUT2D eigenvalue weighted by molar-refractivity contribution is 5.88. The summed E-state index contributed by atoms with van der Waals surface area (Å²) < 4.78 is 17.2. The summed E-state index contributed by atoms with van der Waals surface area (Å²) in [4.78, 5) is 9.87. The number of aromatic nitrogens is 1. The SMILES string of the molecule is CNc1cc(C2CCN(CCOC)CC2)c2cc(OC)c(OCCCN3CCCC3)cc2n1. The summed E-state index contributed by atoms with van der Waals surface area (Å²) in [6.07, 6.45) is 5.96. The molecule has 2 saturated heterocycles. The Morgan fingerprint density at radius 1 is 0.939 bits per heavy atom. The van der Waals surface area contributed by atoms with Crippen molar-refractivity contribution >= 4 is 16.7 Å². The van der Waals surface area contributed by atoms with Crippen molar-refractivity contribution in [1.82, 2.24) is 14.8 Å². The van der Waals surface area contributed by atoms with Gasteiger partial charge in [0, 0.05) is 38.7 Å². The standard InChI is InChI=1S/C26H40N4O3/c1-27-26-18-21(20-7-12-30(13-8-20)14-16-31-2)22-17-24(32-3)25(19-23(22)28-26)33-15-6-11-29-9-4-5-10-29/h17-20H,4-16H2,1-3H3,(H,27,28). The molecule has 4 rings (SSSR count). The number of anilines is 1. The van der Waals surface area contributed by atoms with Crippen molar-refractivity contribution < 1.29 is 14.2 Å². The van der Waals surface area contributed by atoms with Crippen molar-refractivity contribution in [2.24, 2.45) is 0 Å². The van der Waals surface area contributed by atoms with Gasteiger partial charge in [-0.2, -0.15) is 0 Å². The molecule has 0 atom stereocenters. The van der Waals surface area contributed by atoms with Crippen molar-refractivity contribution in [2.75, 3.05) is 79.1 Å². The molecule has 0 radical (unpaired) electrons. The molecule has 33 heavy (non-hydrogen) atoms. The minimum absolute atomic E-state index is 0.512. The third kappa shape index (κ3) is 6.08. The molecule has 0 bridgehead atoms. The second kappa shape index (κ2) is 11.9. The Kier molecular flexibility index (Phi) is 8.64. The van der Waals surface area contributed by atoms with Crippen LogP contribution in [0.2, 0.25) is 0 Å². The van der Waals surface area contributed by atoms with E-state index in [4.69, 9.17) is 19.2 Å². The van der Waals surface area contributed by atoms with Gasteiger partial charge in [-0.15, -0.1) is 0 Å². The summed E-state index contributed by atoms with van der Waals surface area (Å²) in [6.45, 7) is 8.25. The first-order valence-electron chi connectivity index (χ1n) is 12.5. The number of nitrogens with zero attached hydrogens (tertiary/aromatic N) is 3. The Balaban J connectivity index is 1.50. The van der Waals surface area contributed by atoms with E-state index in [0.717, 1.165) is 74.9 Å². The Morgan fingerprint density at radius 2 is 1.70 bits per heavy atom. The van der Waals surface area contributed by atoms with Crippen molar-refractivity contribution in [1.29, 1.82) is 0 Å². The molecular formula is C26H40N4O3. The molecule has 7 nitrogen and oxygen atoms in total. The van der Waals surface area contributed by atoms with Crippen molar-refractivity contribution in [2.45, 2.75) is 38.0 Å². The van der Waals surface area contributed by atoms with Crippen molar-refractivity contribution in [3.05, 3.63) is 23.8 Å². The number of pyridine rings is 1. The zero-order valence-corrected chi connectivity index (χ0v) is 20.6. The number of piperidine rings is 1. The number of rotatable bonds is 11. The highest BCUT2D eigenvalue weighted by Crippen LogP contribution is 2.39. The molecule has 7 heteroatoms. The fourth-order valence-electron chi connectivity index (χ4n) is 5.16. The van der Waals surface area contributed by atoms with E-state index in [9.17, 15) is 0 Å². The molecule has 0 amide bonds. The second-order valence-electron chi connectivity index (χ2n) is 9.23. The number of benzene rings is 1. The molecule has 2 aliphatic rings. The van der Waals surface area contributed by atoms with E-state index in [1.165, 1.54) is 36.9 Å². The summed E-state index contributed by atoms with van der Waals surface area (Å²) in [7, 11) is 5.43. The first kappa shape index (κ1) is 24.0. The molecule has 182 valence electrons. The zero-order chi connectivity index (χ0) is 23.0. The lowest BCUT2D eigenvalue weighted by Crippen LogP contribution is -2.35. The van der Waals surface area contributed by atoms with Crippen LogP contribution in [0.4, 0.5) is 5.82 Å². The van der Waals surface area contributed by atoms with Gasteiger partial charge in [0.25, 0.3) is 0 Å². The third-order valence-electron chi connectivity index (χ3n) is 7.10. The van der Waals surface area contributed by atoms with E-state index in [1.807, 2.05) is 7.05 Å². The molecule has 0 spiro atoms. The van der Waals surface area contributed by atoms with E-state index >= 15 is 0 Å². The van der Waals surface area contributed by atoms with Crippen LogP contribution in [0.25, 0.3) is 10.9 Å². The van der Waals surface area contributed by atoms with Gasteiger partial charge < -0.3 is 29.3 Å². The lowest BCUT2D eigenvalue weighted by Gasteiger charge is -2.32. The van der Waals surface area contributed by atoms with Crippen molar-refractivity contribution in [3.8, 4) is 11.5 Å². The van der Waals surface area contributed by atoms with Gasteiger partial charge in [0.2, 0.25) is 0 Å². The zero-order valence-electron chi connectivity index (χ0n) is 20.6. The lowest BCUT2D eigenvalue weighted by atomic mass is 9.87. The molecule has 2 aliphatic heterocycles. The maximum Gasteiger partial charge on any atom is 0.163 e. The van der Waals surface area contributed by atoms with Crippen LogP contribution in [-0.2, 0) is 4.74 Å². The summed E-state index contributed by atoms with van der Waals surface area (Å²) in [5, 5.41) is 4.42. The van der Waals surface area contributed by atoms with Crippen LogP contribution in [0, 0.1) is 0 Å². The van der Waals surface area contributed by atoms with Crippen LogP contribution in [0.3, 0.4) is 0 Å². The summed E-state index contributed by atoms with van der Waals surface area (Å²) in [5.41, 5.74) is 2.32. The van der Waals surface area contributed by atoms with Gasteiger partial charge in [-0.1, -0.05) is 0 Å². The minimum atomic E-state index is 0.512. The van der Waals surface area contributed by atoms with Gasteiger partial charge in [0.05, 0.1) is 25.8 Å². The van der Waals surface area contributed by atoms with Crippen LogP contribution in [0.1, 0.15) is 43.6 Å². The molecule has 0 aliphatic carbocycles. The van der Waals surface area contributed by atoms with Crippen LogP contribution < -0.4 is 14.8 Å². The quantitative estimate of drug-likeness (QED) is 0.513. The molecular weight excluding hydrogens is 416 g/mol. The molecule has 0 saturated carbocycles. The van der Waals surface area contributed by atoms with Crippen LogP contribution in [-0.4, -0.2) is 88.5 Å². The van der Waals surface area contributed by atoms with Gasteiger partial charge in [-0.3, -0.25) is 0 Å². The number of ether oxygens (including phenoxy) is 3. The van der Waals surface area contributed by atoms with Gasteiger partial charge in [0.1, 0.15) is 5.82 Å². The maximum atomic E-state index is 6.18. The van der Waals surface area contributed by atoms with Crippen LogP contribution in [0.5, 0.6) is 11.5 Å². The van der Waals surface area contributed by atoms with E-state index in [0.29, 0.717) is 12.5 Å². The number of methoxy groups -OCH3 is 2. The Labute approximate surface area is 198 Å². The normalized spacial score (nSPS) is 18.2. The molecule has 3 heterocycles. The molecule has 1 aromatic carbocycles. The Hall–Kier alpha value is -2.09. The minimum Gasteiger partial charge on any atom is -0.493 e. The number of fused-ring (bicyclic) bond motifs is 1. The molecule has 1 aromatic heterocycles. The van der Waals surface area contributed by atoms with E-state index in [-0.39, 0.29) is 0 Å². The highest BCUT2D eigenvalue weighted by Gasteiger charge is 2.24. The lowest BCUT2D eigenvalue weighted by molar-refractivity contribution is 0.130. The van der Waals surface area contributed by atoms with Gasteiger partial charge in [-0.25, -0.2) is 4.98 Å². The molecule has 2 fully saturated rings. The Bertz CT molecular complexity index is 893. The average molecular weight is 457 g/mol. The molecule has 2 aromatic rings. The van der Waals surface area contributed by atoms with Gasteiger partial charge in [0.15, 0.2) is 11.5 Å². The smallest absolute Gasteiger partial charge is 0.163 e. The fraction of sp³-hybridized carbons (Fsp3) is 0.654. The maximum absolute atomic E-state index is 6.18. The summed E-state index contributed by atoms with van der Waals surface area (Å²) >= 11 is 0. The number of nitrogens with one attached hydrogen (secondary N) is 1. The highest BCUT2D eigenvalue weighted by atomic mass is 16.5. The van der Waals surface area contributed by atoms with E-state index < -0.39 is 0 Å². The van der Waals surface area contributed by atoms with Gasteiger partial charge in [-0.05, 0) is 81.9 Å². The summed E-state index contributed by atoms with van der Waals surface area (Å²) in [6, 6.07) is 6.40. The molecule has 1 N–H and O–H groups in total. The number of likely N-dealkylation sites (tertiary alicyclic amines) is 2. The largest absolute Gasteiger partial charge is 0.493 e. The monoisotopic (exact) mass is 456 g/mol. The number of hydrogen-bond donors (Lipinski definition) is 1. The third-order valence-corrected chi connectivity index (χ3v) is 7.10. The fourth-order valence-corrected chi connectivity index (χ4v) is 5.16. The topological polar surface area (TPSA) is 59.1 Å². The van der Waals surface area contributed by atoms with Gasteiger partial charge >= 0.3 is 0 Å². The van der Waals surface area contributed by atoms with Crippen molar-refractivity contribution in [3.63, 3.8) is 0 Å². The number of hydrogen-bond acceptors (Lipinski definition) is 7. The Morgan fingerprint density at radius 3 is 2.39 bits per heavy atom. The predicted molar refractivity (Wildman–Crippen MR) is 134 cm³/mol. The van der Waals surface area contributed by atoms with Crippen LogP contribution >= 0.6 is 0 Å². The van der Waals surface area contributed by atoms with E-state index in [1.54, 1.807) is 14.2 Å². The van der Waals surface area contributed by atoms with Crippen LogP contribution in [0.15, 0.2) is 18.2 Å².